The van der Waals surface area contributed by atoms with Crippen molar-refractivity contribution in [2.75, 3.05) is 20.1 Å². The van der Waals surface area contributed by atoms with Crippen molar-refractivity contribution >= 4 is 35.8 Å². The maximum absolute atomic E-state index is 12.5. The number of nitrogens with one attached hydrogen (secondary N) is 2. The van der Waals surface area contributed by atoms with Crippen LogP contribution in [-0.4, -0.2) is 42.9 Å². The van der Waals surface area contributed by atoms with Crippen molar-refractivity contribution in [3.8, 4) is 0 Å². The van der Waals surface area contributed by atoms with Crippen LogP contribution in [0.5, 0.6) is 0 Å². The SMILES string of the molecule is CC(=O)NC(CC(=O)N(C)C1CCNC1)c1ccc(Cl)cc1.Cl. The molecule has 1 saturated heterocycles. The minimum atomic E-state index is -0.334. The summed E-state index contributed by atoms with van der Waals surface area (Å²) in [6.45, 7) is 3.22. The Bertz CT molecular complexity index is 531. The highest BCUT2D eigenvalue weighted by molar-refractivity contribution is 6.30. The number of benzene rings is 1. The lowest BCUT2D eigenvalue weighted by Gasteiger charge is -2.26. The van der Waals surface area contributed by atoms with Gasteiger partial charge < -0.3 is 15.5 Å². The fraction of sp³-hybridized carbons (Fsp3) is 0.500. The molecule has 0 radical (unpaired) electrons. The van der Waals surface area contributed by atoms with E-state index in [1.165, 1.54) is 6.92 Å². The maximum atomic E-state index is 12.5. The average Bonchev–Trinajstić information content (AvgIpc) is 3.00. The number of likely N-dealkylation sites (N-methyl/N-ethyl adjacent to an activating group) is 1. The lowest BCUT2D eigenvalue weighted by molar-refractivity contribution is -0.132. The summed E-state index contributed by atoms with van der Waals surface area (Å²) in [7, 11) is 1.83. The predicted octanol–water partition coefficient (Wildman–Crippen LogP) is 2.15. The normalized spacial score (nSPS) is 18.0. The fourth-order valence-corrected chi connectivity index (χ4v) is 2.81. The molecule has 2 rings (SSSR count). The number of hydrogen-bond acceptors (Lipinski definition) is 3. The molecule has 0 saturated carbocycles. The zero-order chi connectivity index (χ0) is 16.1. The highest BCUT2D eigenvalue weighted by Crippen LogP contribution is 2.21. The molecule has 2 amide bonds. The largest absolute Gasteiger partial charge is 0.349 e. The van der Waals surface area contributed by atoms with Crippen LogP contribution >= 0.6 is 24.0 Å². The Morgan fingerprint density at radius 3 is 2.57 bits per heavy atom. The first kappa shape index (κ1) is 19.7. The van der Waals surface area contributed by atoms with Crippen molar-refractivity contribution in [3.05, 3.63) is 34.9 Å². The van der Waals surface area contributed by atoms with Gasteiger partial charge in [0.25, 0.3) is 0 Å². The van der Waals surface area contributed by atoms with Crippen molar-refractivity contribution < 1.29 is 9.59 Å². The van der Waals surface area contributed by atoms with E-state index in [0.29, 0.717) is 5.02 Å². The van der Waals surface area contributed by atoms with Crippen molar-refractivity contribution in [3.63, 3.8) is 0 Å². The molecule has 2 unspecified atom stereocenters. The molecule has 0 aromatic heterocycles. The molecule has 23 heavy (non-hydrogen) atoms. The van der Waals surface area contributed by atoms with E-state index in [1.54, 1.807) is 17.0 Å². The molecule has 1 heterocycles. The maximum Gasteiger partial charge on any atom is 0.225 e. The summed E-state index contributed by atoms with van der Waals surface area (Å²) in [5, 5.41) is 6.73. The second-order valence-electron chi connectivity index (χ2n) is 5.66. The van der Waals surface area contributed by atoms with Crippen LogP contribution in [0.1, 0.15) is 31.4 Å². The van der Waals surface area contributed by atoms with Crippen molar-refractivity contribution in [1.82, 2.24) is 15.5 Å². The number of nitrogens with zero attached hydrogens (tertiary/aromatic N) is 1. The van der Waals surface area contributed by atoms with Gasteiger partial charge in [-0.1, -0.05) is 23.7 Å². The number of hydrogen-bond donors (Lipinski definition) is 2. The van der Waals surface area contributed by atoms with Gasteiger partial charge in [0.2, 0.25) is 11.8 Å². The molecule has 128 valence electrons. The van der Waals surface area contributed by atoms with E-state index in [2.05, 4.69) is 10.6 Å². The van der Waals surface area contributed by atoms with Gasteiger partial charge in [-0.3, -0.25) is 9.59 Å². The van der Waals surface area contributed by atoms with Gasteiger partial charge in [0, 0.05) is 31.6 Å². The third-order valence-electron chi connectivity index (χ3n) is 4.00. The van der Waals surface area contributed by atoms with Crippen molar-refractivity contribution in [1.29, 1.82) is 0 Å². The van der Waals surface area contributed by atoms with Crippen LogP contribution in [0.2, 0.25) is 5.02 Å². The molecule has 0 aliphatic carbocycles. The number of carbonyl (C=O) groups excluding carboxylic acids is 2. The molecule has 0 bridgehead atoms. The van der Waals surface area contributed by atoms with Gasteiger partial charge in [0.05, 0.1) is 12.5 Å². The van der Waals surface area contributed by atoms with Crippen LogP contribution in [0.3, 0.4) is 0 Å². The van der Waals surface area contributed by atoms with Crippen LogP contribution in [0.15, 0.2) is 24.3 Å². The second-order valence-corrected chi connectivity index (χ2v) is 6.10. The zero-order valence-corrected chi connectivity index (χ0v) is 14.9. The summed E-state index contributed by atoms with van der Waals surface area (Å²) in [5.41, 5.74) is 0.880. The molecule has 1 fully saturated rings. The molecule has 1 aliphatic heterocycles. The van der Waals surface area contributed by atoms with E-state index < -0.39 is 0 Å². The molecule has 0 spiro atoms. The van der Waals surface area contributed by atoms with Gasteiger partial charge in [-0.25, -0.2) is 0 Å². The molecule has 2 atom stereocenters. The molecule has 5 nitrogen and oxygen atoms in total. The summed E-state index contributed by atoms with van der Waals surface area (Å²) >= 11 is 5.89. The molecule has 2 N–H and O–H groups in total. The van der Waals surface area contributed by atoms with E-state index in [9.17, 15) is 9.59 Å². The van der Waals surface area contributed by atoms with Crippen LogP contribution < -0.4 is 10.6 Å². The van der Waals surface area contributed by atoms with Crippen LogP contribution in [0.25, 0.3) is 0 Å². The van der Waals surface area contributed by atoms with E-state index >= 15 is 0 Å². The van der Waals surface area contributed by atoms with Crippen molar-refractivity contribution in [2.45, 2.75) is 31.8 Å². The first-order valence-corrected chi connectivity index (χ1v) is 7.84. The van der Waals surface area contributed by atoms with Gasteiger partial charge in [-0.05, 0) is 30.7 Å². The quantitative estimate of drug-likeness (QED) is 0.846. The fourth-order valence-electron chi connectivity index (χ4n) is 2.68. The third kappa shape index (κ3) is 5.68. The van der Waals surface area contributed by atoms with Gasteiger partial charge in [-0.2, -0.15) is 0 Å². The smallest absolute Gasteiger partial charge is 0.225 e. The van der Waals surface area contributed by atoms with Gasteiger partial charge >= 0.3 is 0 Å². The van der Waals surface area contributed by atoms with Crippen LogP contribution in [0, 0.1) is 0 Å². The number of carbonyl (C=O) groups is 2. The average molecular weight is 360 g/mol. The zero-order valence-electron chi connectivity index (χ0n) is 13.3. The highest BCUT2D eigenvalue weighted by Gasteiger charge is 2.26. The molecule has 1 aromatic carbocycles. The van der Waals surface area contributed by atoms with E-state index in [4.69, 9.17) is 11.6 Å². The topological polar surface area (TPSA) is 61.4 Å². The Morgan fingerprint density at radius 2 is 2.04 bits per heavy atom. The molecule has 7 heteroatoms. The first-order chi connectivity index (χ1) is 10.5. The lowest BCUT2D eigenvalue weighted by Crippen LogP contribution is -2.40. The first-order valence-electron chi connectivity index (χ1n) is 7.46. The number of rotatable bonds is 5. The van der Waals surface area contributed by atoms with Gasteiger partial charge in [-0.15, -0.1) is 12.4 Å². The standard InChI is InChI=1S/C16H22ClN3O2.ClH/c1-11(21)19-15(12-3-5-13(17)6-4-12)9-16(22)20(2)14-7-8-18-10-14;/h3-6,14-15,18H,7-10H2,1-2H3,(H,19,21);1H. The monoisotopic (exact) mass is 359 g/mol. The van der Waals surface area contributed by atoms with Crippen LogP contribution in [0.4, 0.5) is 0 Å². The Balaban J connectivity index is 0.00000264. The minimum Gasteiger partial charge on any atom is -0.349 e. The molecule has 1 aromatic rings. The molecule has 1 aliphatic rings. The van der Waals surface area contributed by atoms with E-state index in [-0.39, 0.29) is 42.7 Å². The molecular weight excluding hydrogens is 337 g/mol. The Labute approximate surface area is 148 Å². The Kier molecular flexibility index (Phi) is 7.82. The number of amides is 2. The summed E-state index contributed by atoms with van der Waals surface area (Å²) in [6, 6.07) is 7.11. The van der Waals surface area contributed by atoms with Crippen LogP contribution in [-0.2, 0) is 9.59 Å². The van der Waals surface area contributed by atoms with Gasteiger partial charge in [0.1, 0.15) is 0 Å². The number of halogens is 2. The predicted molar refractivity (Wildman–Crippen MR) is 93.9 cm³/mol. The summed E-state index contributed by atoms with van der Waals surface area (Å²) in [4.78, 5) is 25.7. The summed E-state index contributed by atoms with van der Waals surface area (Å²) < 4.78 is 0. The lowest BCUT2D eigenvalue weighted by atomic mass is 10.0. The molecular formula is C16H23Cl2N3O2. The summed E-state index contributed by atoms with van der Waals surface area (Å²) in [5.74, 6) is -0.125. The Hall–Kier alpha value is -1.30. The summed E-state index contributed by atoms with van der Waals surface area (Å²) in [6.07, 6.45) is 1.21. The minimum absolute atomic E-state index is 0. The van der Waals surface area contributed by atoms with Gasteiger partial charge in [0.15, 0.2) is 0 Å². The van der Waals surface area contributed by atoms with E-state index in [0.717, 1.165) is 25.1 Å². The van der Waals surface area contributed by atoms with Crippen molar-refractivity contribution in [2.24, 2.45) is 0 Å². The second kappa shape index (κ2) is 9.11. The Morgan fingerprint density at radius 1 is 1.39 bits per heavy atom. The van der Waals surface area contributed by atoms with E-state index in [1.807, 2.05) is 19.2 Å². The highest BCUT2D eigenvalue weighted by atomic mass is 35.5. The third-order valence-corrected chi connectivity index (χ3v) is 4.26.